The summed E-state index contributed by atoms with van der Waals surface area (Å²) in [5.74, 6) is 0.483. The second-order valence-electron chi connectivity index (χ2n) is 6.13. The van der Waals surface area contributed by atoms with Crippen LogP contribution >= 0.6 is 24.8 Å². The molecule has 2 unspecified atom stereocenters. The van der Waals surface area contributed by atoms with E-state index in [9.17, 15) is 4.79 Å². The third-order valence-electron chi connectivity index (χ3n) is 4.42. The highest BCUT2D eigenvalue weighted by Gasteiger charge is 2.33. The standard InChI is InChI=1S/C17H22N4O.2ClH/c1-12-3-4-16(20-6-5-19-11-20)15(7-12)17(22)21-10-14(9-18)8-13(21)2;;/h3-7,11,13-14H,8-10,18H2,1-2H3;2*1H. The molecule has 3 rings (SSSR count). The molecule has 0 aliphatic carbocycles. The lowest BCUT2D eigenvalue weighted by atomic mass is 10.1. The van der Waals surface area contributed by atoms with Crippen LogP contribution in [0.1, 0.15) is 29.3 Å². The van der Waals surface area contributed by atoms with Gasteiger partial charge in [-0.1, -0.05) is 11.6 Å². The number of amides is 1. The fourth-order valence-electron chi connectivity index (χ4n) is 3.20. The van der Waals surface area contributed by atoms with Crippen LogP contribution in [0, 0.1) is 12.8 Å². The first kappa shape index (κ1) is 20.5. The van der Waals surface area contributed by atoms with Crippen LogP contribution in [-0.2, 0) is 0 Å². The minimum Gasteiger partial charge on any atom is -0.336 e. The van der Waals surface area contributed by atoms with Gasteiger partial charge in [0, 0.05) is 25.0 Å². The Hall–Kier alpha value is -1.56. The molecular weight excluding hydrogens is 347 g/mol. The van der Waals surface area contributed by atoms with Gasteiger partial charge in [0.15, 0.2) is 0 Å². The molecule has 132 valence electrons. The van der Waals surface area contributed by atoms with E-state index in [4.69, 9.17) is 5.73 Å². The molecule has 2 aromatic rings. The lowest BCUT2D eigenvalue weighted by Crippen LogP contribution is -2.35. The predicted octanol–water partition coefficient (Wildman–Crippen LogP) is 2.83. The van der Waals surface area contributed by atoms with Crippen LogP contribution < -0.4 is 5.73 Å². The van der Waals surface area contributed by atoms with Gasteiger partial charge < -0.3 is 15.2 Å². The molecule has 1 aliphatic rings. The van der Waals surface area contributed by atoms with Gasteiger partial charge >= 0.3 is 0 Å². The van der Waals surface area contributed by atoms with Crippen LogP contribution in [0.4, 0.5) is 0 Å². The van der Waals surface area contributed by atoms with E-state index >= 15 is 0 Å². The fourth-order valence-corrected chi connectivity index (χ4v) is 3.20. The highest BCUT2D eigenvalue weighted by Crippen LogP contribution is 2.26. The number of hydrogen-bond acceptors (Lipinski definition) is 3. The number of aromatic nitrogens is 2. The summed E-state index contributed by atoms with van der Waals surface area (Å²) >= 11 is 0. The van der Waals surface area contributed by atoms with E-state index in [2.05, 4.69) is 11.9 Å². The predicted molar refractivity (Wildman–Crippen MR) is 100 cm³/mol. The highest BCUT2D eigenvalue weighted by atomic mass is 35.5. The fraction of sp³-hybridized carbons (Fsp3) is 0.412. The van der Waals surface area contributed by atoms with Crippen molar-refractivity contribution in [3.8, 4) is 5.69 Å². The van der Waals surface area contributed by atoms with Crippen LogP contribution in [-0.4, -0.2) is 39.5 Å². The molecule has 0 saturated carbocycles. The van der Waals surface area contributed by atoms with Crippen LogP contribution in [0.3, 0.4) is 0 Å². The van der Waals surface area contributed by atoms with Crippen LogP contribution in [0.5, 0.6) is 0 Å². The van der Waals surface area contributed by atoms with Gasteiger partial charge in [-0.25, -0.2) is 4.98 Å². The van der Waals surface area contributed by atoms with Crippen LogP contribution in [0.15, 0.2) is 36.9 Å². The Morgan fingerprint density at radius 3 is 2.71 bits per heavy atom. The van der Waals surface area contributed by atoms with E-state index in [1.54, 1.807) is 12.5 Å². The first-order valence-corrected chi connectivity index (χ1v) is 7.70. The van der Waals surface area contributed by atoms with Gasteiger partial charge in [0.25, 0.3) is 5.91 Å². The average molecular weight is 371 g/mol. The number of likely N-dealkylation sites (tertiary alicyclic amines) is 1. The molecule has 0 bridgehead atoms. The molecule has 2 N–H and O–H groups in total. The van der Waals surface area contributed by atoms with Gasteiger partial charge in [0.1, 0.15) is 0 Å². The molecule has 1 aromatic heterocycles. The lowest BCUT2D eigenvalue weighted by Gasteiger charge is -2.23. The zero-order valence-corrected chi connectivity index (χ0v) is 15.5. The molecule has 24 heavy (non-hydrogen) atoms. The zero-order valence-electron chi connectivity index (χ0n) is 13.9. The first-order chi connectivity index (χ1) is 10.6. The molecule has 0 spiro atoms. The lowest BCUT2D eigenvalue weighted by molar-refractivity contribution is 0.0743. The maximum Gasteiger partial charge on any atom is 0.256 e. The number of carbonyl (C=O) groups is 1. The van der Waals surface area contributed by atoms with Gasteiger partial charge in [-0.15, -0.1) is 24.8 Å². The quantitative estimate of drug-likeness (QED) is 0.903. The summed E-state index contributed by atoms with van der Waals surface area (Å²) in [5, 5.41) is 0. The third kappa shape index (κ3) is 3.91. The number of nitrogens with zero attached hydrogens (tertiary/aromatic N) is 3. The molecule has 0 radical (unpaired) electrons. The van der Waals surface area contributed by atoms with Crippen molar-refractivity contribution < 1.29 is 4.79 Å². The third-order valence-corrected chi connectivity index (χ3v) is 4.42. The number of imidazole rings is 1. The van der Waals surface area contributed by atoms with E-state index in [1.165, 1.54) is 0 Å². The SMILES string of the molecule is Cc1ccc(-n2ccnc2)c(C(=O)N2CC(CN)CC2C)c1.Cl.Cl. The Balaban J connectivity index is 0.00000144. The number of halogens is 2. The van der Waals surface area contributed by atoms with Crippen LogP contribution in [0.2, 0.25) is 0 Å². The average Bonchev–Trinajstić information content (AvgIpc) is 3.15. The van der Waals surface area contributed by atoms with E-state index < -0.39 is 0 Å². The van der Waals surface area contributed by atoms with E-state index in [-0.39, 0.29) is 36.8 Å². The maximum atomic E-state index is 13.0. The number of carbonyl (C=O) groups excluding carboxylic acids is 1. The second kappa shape index (κ2) is 8.51. The maximum absolute atomic E-state index is 13.0. The summed E-state index contributed by atoms with van der Waals surface area (Å²) in [5.41, 5.74) is 8.45. The Bertz CT molecular complexity index is 675. The van der Waals surface area contributed by atoms with Crippen molar-refractivity contribution in [2.24, 2.45) is 11.7 Å². The molecule has 1 fully saturated rings. The number of rotatable bonds is 3. The smallest absolute Gasteiger partial charge is 0.256 e. The summed E-state index contributed by atoms with van der Waals surface area (Å²) in [6, 6.07) is 6.19. The minimum atomic E-state index is 0. The molecule has 1 aliphatic heterocycles. The molecule has 2 heterocycles. The highest BCUT2D eigenvalue weighted by molar-refractivity contribution is 5.98. The topological polar surface area (TPSA) is 64.2 Å². The molecule has 5 nitrogen and oxygen atoms in total. The normalized spacial score (nSPS) is 19.5. The summed E-state index contributed by atoms with van der Waals surface area (Å²) in [4.78, 5) is 19.1. The Morgan fingerprint density at radius 2 is 2.12 bits per heavy atom. The molecule has 1 saturated heterocycles. The molecule has 1 aromatic carbocycles. The van der Waals surface area contributed by atoms with Crippen molar-refractivity contribution in [2.75, 3.05) is 13.1 Å². The van der Waals surface area contributed by atoms with Crippen molar-refractivity contribution in [2.45, 2.75) is 26.3 Å². The minimum absolute atomic E-state index is 0. The van der Waals surface area contributed by atoms with Crippen molar-refractivity contribution >= 4 is 30.7 Å². The van der Waals surface area contributed by atoms with Crippen molar-refractivity contribution in [1.82, 2.24) is 14.5 Å². The van der Waals surface area contributed by atoms with E-state index in [0.29, 0.717) is 12.5 Å². The molecule has 2 atom stereocenters. The number of nitrogens with two attached hydrogens (primary N) is 1. The zero-order chi connectivity index (χ0) is 15.7. The summed E-state index contributed by atoms with van der Waals surface area (Å²) in [6.07, 6.45) is 6.28. The second-order valence-corrected chi connectivity index (χ2v) is 6.13. The van der Waals surface area contributed by atoms with E-state index in [1.807, 2.05) is 40.8 Å². The van der Waals surface area contributed by atoms with Gasteiger partial charge in [-0.3, -0.25) is 4.79 Å². The summed E-state index contributed by atoms with van der Waals surface area (Å²) in [6.45, 7) is 5.48. The Kier molecular flexibility index (Phi) is 7.27. The van der Waals surface area contributed by atoms with Gasteiger partial charge in [-0.2, -0.15) is 0 Å². The molecule has 1 amide bonds. The van der Waals surface area contributed by atoms with Crippen molar-refractivity contribution in [3.63, 3.8) is 0 Å². The number of hydrogen-bond donors (Lipinski definition) is 1. The summed E-state index contributed by atoms with van der Waals surface area (Å²) < 4.78 is 1.88. The largest absolute Gasteiger partial charge is 0.336 e. The molecular formula is C17H24Cl2N4O. The van der Waals surface area contributed by atoms with Gasteiger partial charge in [-0.05, 0) is 44.9 Å². The first-order valence-electron chi connectivity index (χ1n) is 7.70. The van der Waals surface area contributed by atoms with E-state index in [0.717, 1.165) is 29.8 Å². The number of aryl methyl sites for hydroxylation is 1. The monoisotopic (exact) mass is 370 g/mol. The van der Waals surface area contributed by atoms with Gasteiger partial charge in [0.05, 0.1) is 17.6 Å². The molecule has 7 heteroatoms. The Morgan fingerprint density at radius 1 is 1.38 bits per heavy atom. The van der Waals surface area contributed by atoms with Gasteiger partial charge in [0.2, 0.25) is 0 Å². The Labute approximate surface area is 155 Å². The van der Waals surface area contributed by atoms with Crippen molar-refractivity contribution in [1.29, 1.82) is 0 Å². The van der Waals surface area contributed by atoms with Crippen LogP contribution in [0.25, 0.3) is 5.69 Å². The van der Waals surface area contributed by atoms with Crippen molar-refractivity contribution in [3.05, 3.63) is 48.0 Å². The summed E-state index contributed by atoms with van der Waals surface area (Å²) in [7, 11) is 0. The number of benzene rings is 1.